The lowest BCUT2D eigenvalue weighted by molar-refractivity contribution is 0.311. The molecule has 1 aromatic rings. The van der Waals surface area contributed by atoms with Crippen molar-refractivity contribution in [2.75, 3.05) is 37.0 Å². The number of hydrogen-bond acceptors (Lipinski definition) is 6. The molecule has 20 heavy (non-hydrogen) atoms. The van der Waals surface area contributed by atoms with Gasteiger partial charge in [0.15, 0.2) is 0 Å². The fourth-order valence-corrected chi connectivity index (χ4v) is 1.91. The maximum absolute atomic E-state index is 5.42. The van der Waals surface area contributed by atoms with Crippen LogP contribution >= 0.6 is 0 Å². The zero-order chi connectivity index (χ0) is 15.1. The number of aromatic nitrogens is 3. The highest BCUT2D eigenvalue weighted by molar-refractivity contribution is 5.38. The van der Waals surface area contributed by atoms with Crippen molar-refractivity contribution in [2.24, 2.45) is 11.8 Å². The molecule has 0 atom stereocenters. The van der Waals surface area contributed by atoms with Gasteiger partial charge in [-0.2, -0.15) is 15.0 Å². The SMILES string of the molecule is CCOc1nc(NC)nc(N(CC(C)C)CC(C)C)n1. The van der Waals surface area contributed by atoms with Crippen molar-refractivity contribution in [3.8, 4) is 6.01 Å². The number of ether oxygens (including phenoxy) is 1. The number of nitrogens with one attached hydrogen (secondary N) is 1. The summed E-state index contributed by atoms with van der Waals surface area (Å²) in [7, 11) is 1.80. The number of hydrogen-bond donors (Lipinski definition) is 1. The molecular weight excluding hydrogens is 254 g/mol. The molecule has 0 aliphatic rings. The molecule has 1 aromatic heterocycles. The standard InChI is InChI=1S/C14H27N5O/c1-7-20-14-17-12(15-6)16-13(18-14)19(8-10(2)3)9-11(4)5/h10-11H,7-9H2,1-6H3,(H,15,16,17,18). The fraction of sp³-hybridized carbons (Fsp3) is 0.786. The van der Waals surface area contributed by atoms with E-state index >= 15 is 0 Å². The maximum atomic E-state index is 5.42. The molecule has 0 saturated heterocycles. The molecule has 1 rings (SSSR count). The number of rotatable bonds is 8. The summed E-state index contributed by atoms with van der Waals surface area (Å²) in [6, 6.07) is 0.374. The average Bonchev–Trinajstić information content (AvgIpc) is 2.37. The van der Waals surface area contributed by atoms with Gasteiger partial charge >= 0.3 is 6.01 Å². The van der Waals surface area contributed by atoms with Crippen LogP contribution < -0.4 is 15.0 Å². The first kappa shape index (κ1) is 16.5. The van der Waals surface area contributed by atoms with Crippen molar-refractivity contribution in [2.45, 2.75) is 34.6 Å². The van der Waals surface area contributed by atoms with Crippen LogP contribution in [0.4, 0.5) is 11.9 Å². The molecule has 6 nitrogen and oxygen atoms in total. The molecule has 1 heterocycles. The van der Waals surface area contributed by atoms with Gasteiger partial charge in [0.25, 0.3) is 0 Å². The molecule has 0 aliphatic heterocycles. The molecule has 0 fully saturated rings. The molecule has 1 N–H and O–H groups in total. The maximum Gasteiger partial charge on any atom is 0.323 e. The molecule has 0 bridgehead atoms. The predicted octanol–water partition coefficient (Wildman–Crippen LogP) is 2.43. The third-order valence-electron chi connectivity index (χ3n) is 2.55. The zero-order valence-electron chi connectivity index (χ0n) is 13.5. The van der Waals surface area contributed by atoms with Crippen LogP contribution in [0.2, 0.25) is 0 Å². The quantitative estimate of drug-likeness (QED) is 0.789. The summed E-state index contributed by atoms with van der Waals surface area (Å²) >= 11 is 0. The molecule has 6 heteroatoms. The Kier molecular flexibility index (Phi) is 6.48. The Morgan fingerprint density at radius 2 is 1.65 bits per heavy atom. The summed E-state index contributed by atoms with van der Waals surface area (Å²) in [5, 5.41) is 2.96. The minimum atomic E-state index is 0.374. The van der Waals surface area contributed by atoms with Crippen LogP contribution in [0.3, 0.4) is 0 Å². The van der Waals surface area contributed by atoms with Gasteiger partial charge in [-0.25, -0.2) is 0 Å². The summed E-state index contributed by atoms with van der Waals surface area (Å²) in [6.45, 7) is 13.1. The molecule has 0 unspecified atom stereocenters. The molecule has 0 spiro atoms. The van der Waals surface area contributed by atoms with E-state index < -0.39 is 0 Å². The predicted molar refractivity (Wildman–Crippen MR) is 82.4 cm³/mol. The Bertz CT molecular complexity index is 399. The fourth-order valence-electron chi connectivity index (χ4n) is 1.91. The first-order valence-electron chi connectivity index (χ1n) is 7.27. The van der Waals surface area contributed by atoms with Crippen LogP contribution in [0.25, 0.3) is 0 Å². The third kappa shape index (κ3) is 5.19. The molecular formula is C14H27N5O. The van der Waals surface area contributed by atoms with Crippen molar-refractivity contribution in [3.05, 3.63) is 0 Å². The minimum absolute atomic E-state index is 0.374. The van der Waals surface area contributed by atoms with E-state index in [0.29, 0.717) is 36.3 Å². The number of nitrogens with zero attached hydrogens (tertiary/aromatic N) is 4. The summed E-state index contributed by atoms with van der Waals surface area (Å²) < 4.78 is 5.42. The Hall–Kier alpha value is -1.59. The first-order valence-corrected chi connectivity index (χ1v) is 7.27. The molecule has 0 radical (unpaired) electrons. The van der Waals surface area contributed by atoms with E-state index in [1.165, 1.54) is 0 Å². The lowest BCUT2D eigenvalue weighted by Gasteiger charge is -2.26. The van der Waals surface area contributed by atoms with Gasteiger partial charge in [-0.1, -0.05) is 27.7 Å². The van der Waals surface area contributed by atoms with Crippen LogP contribution in [0.5, 0.6) is 6.01 Å². The second-order valence-electron chi connectivity index (χ2n) is 5.62. The summed E-state index contributed by atoms with van der Waals surface area (Å²) in [4.78, 5) is 15.3. The van der Waals surface area contributed by atoms with Gasteiger partial charge in [0.1, 0.15) is 0 Å². The molecule has 114 valence electrons. The van der Waals surface area contributed by atoms with Gasteiger partial charge in [-0.15, -0.1) is 0 Å². The lowest BCUT2D eigenvalue weighted by Crippen LogP contribution is -2.33. The average molecular weight is 281 g/mol. The van der Waals surface area contributed by atoms with E-state index in [1.54, 1.807) is 7.05 Å². The Morgan fingerprint density at radius 1 is 1.05 bits per heavy atom. The highest BCUT2D eigenvalue weighted by Crippen LogP contribution is 2.17. The van der Waals surface area contributed by atoms with Gasteiger partial charge in [0.05, 0.1) is 6.61 Å². The Balaban J connectivity index is 3.06. The van der Waals surface area contributed by atoms with E-state index in [1.807, 2.05) is 6.92 Å². The first-order chi connectivity index (χ1) is 9.46. The highest BCUT2D eigenvalue weighted by atomic mass is 16.5. The van der Waals surface area contributed by atoms with Crippen LogP contribution in [-0.4, -0.2) is 41.7 Å². The summed E-state index contributed by atoms with van der Waals surface area (Å²) in [5.41, 5.74) is 0. The van der Waals surface area contributed by atoms with Gasteiger partial charge in [-0.05, 0) is 18.8 Å². The van der Waals surface area contributed by atoms with Crippen LogP contribution in [0, 0.1) is 11.8 Å². The van der Waals surface area contributed by atoms with Crippen molar-refractivity contribution in [1.82, 2.24) is 15.0 Å². The van der Waals surface area contributed by atoms with E-state index in [4.69, 9.17) is 4.74 Å². The molecule has 0 aliphatic carbocycles. The Morgan fingerprint density at radius 3 is 2.10 bits per heavy atom. The summed E-state index contributed by atoms with van der Waals surface area (Å²) in [5.74, 6) is 2.30. The van der Waals surface area contributed by atoms with Crippen LogP contribution in [-0.2, 0) is 0 Å². The minimum Gasteiger partial charge on any atom is -0.464 e. The third-order valence-corrected chi connectivity index (χ3v) is 2.55. The van der Waals surface area contributed by atoms with Gasteiger partial charge in [-0.3, -0.25) is 0 Å². The van der Waals surface area contributed by atoms with E-state index in [0.717, 1.165) is 13.1 Å². The lowest BCUT2D eigenvalue weighted by atomic mass is 10.1. The van der Waals surface area contributed by atoms with Gasteiger partial charge in [0.2, 0.25) is 11.9 Å². The van der Waals surface area contributed by atoms with E-state index in [2.05, 4.69) is 52.9 Å². The van der Waals surface area contributed by atoms with Crippen LogP contribution in [0.1, 0.15) is 34.6 Å². The molecule has 0 aromatic carbocycles. The largest absolute Gasteiger partial charge is 0.464 e. The summed E-state index contributed by atoms with van der Waals surface area (Å²) in [6.07, 6.45) is 0. The topological polar surface area (TPSA) is 63.2 Å². The van der Waals surface area contributed by atoms with Gasteiger partial charge < -0.3 is 15.0 Å². The van der Waals surface area contributed by atoms with Crippen molar-refractivity contribution < 1.29 is 4.74 Å². The van der Waals surface area contributed by atoms with Crippen molar-refractivity contribution in [3.63, 3.8) is 0 Å². The highest BCUT2D eigenvalue weighted by Gasteiger charge is 2.16. The van der Waals surface area contributed by atoms with E-state index in [-0.39, 0.29) is 0 Å². The van der Waals surface area contributed by atoms with Gasteiger partial charge in [0, 0.05) is 20.1 Å². The van der Waals surface area contributed by atoms with Crippen molar-refractivity contribution >= 4 is 11.9 Å². The number of anilines is 2. The Labute approximate surface area is 122 Å². The normalized spacial score (nSPS) is 11.0. The smallest absolute Gasteiger partial charge is 0.323 e. The molecule has 0 saturated carbocycles. The molecule has 0 amide bonds. The second-order valence-corrected chi connectivity index (χ2v) is 5.62. The monoisotopic (exact) mass is 281 g/mol. The van der Waals surface area contributed by atoms with Crippen LogP contribution in [0.15, 0.2) is 0 Å². The van der Waals surface area contributed by atoms with E-state index in [9.17, 15) is 0 Å². The van der Waals surface area contributed by atoms with Crippen molar-refractivity contribution in [1.29, 1.82) is 0 Å². The zero-order valence-corrected chi connectivity index (χ0v) is 13.5. The second kappa shape index (κ2) is 7.87.